The molecule has 0 aliphatic carbocycles. The summed E-state index contributed by atoms with van der Waals surface area (Å²) in [5.41, 5.74) is 0.838. The van der Waals surface area contributed by atoms with Crippen molar-refractivity contribution in [3.63, 3.8) is 0 Å². The SMILES string of the molecule is CCOC(=O)CNC(=O)CNC(=O)[C@H](Cc1ccccc1)NC(=O)C=Cc1ccco1. The molecular weight excluding hydrogens is 402 g/mol. The van der Waals surface area contributed by atoms with Crippen LogP contribution >= 0.6 is 0 Å². The molecule has 2 aromatic rings. The third-order valence-corrected chi connectivity index (χ3v) is 4.02. The Kier molecular flexibility index (Phi) is 9.54. The van der Waals surface area contributed by atoms with Crippen LogP contribution in [0.15, 0.2) is 59.2 Å². The molecule has 3 amide bonds. The van der Waals surface area contributed by atoms with Crippen molar-refractivity contribution in [3.05, 3.63) is 66.1 Å². The fraction of sp³-hybridized carbons (Fsp3) is 0.273. The van der Waals surface area contributed by atoms with E-state index in [1.807, 2.05) is 30.3 Å². The molecule has 3 N–H and O–H groups in total. The molecule has 0 aliphatic heterocycles. The molecule has 0 radical (unpaired) electrons. The van der Waals surface area contributed by atoms with E-state index < -0.39 is 29.7 Å². The second-order valence-electron chi connectivity index (χ2n) is 6.40. The molecule has 0 unspecified atom stereocenters. The Morgan fingerprint density at radius 1 is 1.03 bits per heavy atom. The third kappa shape index (κ3) is 8.99. The lowest BCUT2D eigenvalue weighted by Crippen LogP contribution is -2.50. The maximum atomic E-state index is 12.6. The smallest absolute Gasteiger partial charge is 0.325 e. The van der Waals surface area contributed by atoms with E-state index in [1.54, 1.807) is 19.1 Å². The number of hydrogen-bond acceptors (Lipinski definition) is 6. The van der Waals surface area contributed by atoms with E-state index in [0.29, 0.717) is 5.76 Å². The number of rotatable bonds is 11. The minimum absolute atomic E-state index is 0.209. The number of nitrogens with one attached hydrogen (secondary N) is 3. The van der Waals surface area contributed by atoms with Crippen molar-refractivity contribution in [3.8, 4) is 0 Å². The average molecular weight is 427 g/mol. The van der Waals surface area contributed by atoms with Crippen LogP contribution in [0.25, 0.3) is 6.08 Å². The monoisotopic (exact) mass is 427 g/mol. The number of carbonyl (C=O) groups excluding carboxylic acids is 4. The average Bonchev–Trinajstić information content (AvgIpc) is 3.29. The minimum atomic E-state index is -0.908. The Hall–Kier alpha value is -3.88. The lowest BCUT2D eigenvalue weighted by molar-refractivity contribution is -0.143. The maximum Gasteiger partial charge on any atom is 0.325 e. The summed E-state index contributed by atoms with van der Waals surface area (Å²) in [4.78, 5) is 48.0. The van der Waals surface area contributed by atoms with Crippen molar-refractivity contribution >= 4 is 29.8 Å². The maximum absolute atomic E-state index is 12.6. The topological polar surface area (TPSA) is 127 Å². The summed E-state index contributed by atoms with van der Waals surface area (Å²) in [7, 11) is 0. The zero-order valence-electron chi connectivity index (χ0n) is 17.1. The number of benzene rings is 1. The highest BCUT2D eigenvalue weighted by Gasteiger charge is 2.21. The van der Waals surface area contributed by atoms with Gasteiger partial charge < -0.3 is 25.1 Å². The van der Waals surface area contributed by atoms with Crippen molar-refractivity contribution in [2.24, 2.45) is 0 Å². The predicted octanol–water partition coefficient (Wildman–Crippen LogP) is 0.816. The number of carbonyl (C=O) groups is 4. The van der Waals surface area contributed by atoms with Crippen molar-refractivity contribution in [2.75, 3.05) is 19.7 Å². The Balaban J connectivity index is 1.93. The molecule has 0 saturated carbocycles. The highest BCUT2D eigenvalue weighted by molar-refractivity contribution is 5.96. The van der Waals surface area contributed by atoms with Gasteiger partial charge in [0.05, 0.1) is 19.4 Å². The van der Waals surface area contributed by atoms with Crippen LogP contribution in [0, 0.1) is 0 Å². The molecule has 0 saturated heterocycles. The van der Waals surface area contributed by atoms with Gasteiger partial charge in [-0.3, -0.25) is 19.2 Å². The summed E-state index contributed by atoms with van der Waals surface area (Å²) >= 11 is 0. The Morgan fingerprint density at radius 2 is 1.81 bits per heavy atom. The molecule has 2 rings (SSSR count). The summed E-state index contributed by atoms with van der Waals surface area (Å²) in [5.74, 6) is -1.64. The molecular formula is C22H25N3O6. The summed E-state index contributed by atoms with van der Waals surface area (Å²) in [5, 5.41) is 7.46. The summed E-state index contributed by atoms with van der Waals surface area (Å²) < 4.78 is 9.84. The van der Waals surface area contributed by atoms with Crippen LogP contribution in [-0.2, 0) is 30.3 Å². The van der Waals surface area contributed by atoms with E-state index in [0.717, 1.165) is 5.56 Å². The molecule has 1 aromatic carbocycles. The highest BCUT2D eigenvalue weighted by atomic mass is 16.5. The predicted molar refractivity (Wildman–Crippen MR) is 112 cm³/mol. The number of amides is 3. The first-order chi connectivity index (χ1) is 15.0. The highest BCUT2D eigenvalue weighted by Crippen LogP contribution is 2.05. The van der Waals surface area contributed by atoms with E-state index in [1.165, 1.54) is 18.4 Å². The summed E-state index contributed by atoms with van der Waals surface area (Å²) in [6, 6.07) is 11.6. The molecule has 164 valence electrons. The van der Waals surface area contributed by atoms with Gasteiger partial charge in [-0.2, -0.15) is 0 Å². The van der Waals surface area contributed by atoms with Crippen molar-refractivity contribution in [2.45, 2.75) is 19.4 Å². The number of esters is 1. The first kappa shape index (κ1) is 23.4. The number of hydrogen-bond donors (Lipinski definition) is 3. The fourth-order valence-corrected chi connectivity index (χ4v) is 2.56. The Morgan fingerprint density at radius 3 is 2.48 bits per heavy atom. The first-order valence-corrected chi connectivity index (χ1v) is 9.74. The van der Waals surface area contributed by atoms with Crippen molar-refractivity contribution in [1.82, 2.24) is 16.0 Å². The number of ether oxygens (including phenoxy) is 1. The van der Waals surface area contributed by atoms with E-state index in [-0.39, 0.29) is 26.1 Å². The van der Waals surface area contributed by atoms with Gasteiger partial charge in [-0.1, -0.05) is 30.3 Å². The molecule has 1 heterocycles. The molecule has 0 bridgehead atoms. The van der Waals surface area contributed by atoms with Gasteiger partial charge in [0.2, 0.25) is 17.7 Å². The lowest BCUT2D eigenvalue weighted by Gasteiger charge is -2.18. The van der Waals surface area contributed by atoms with Gasteiger partial charge >= 0.3 is 5.97 Å². The zero-order chi connectivity index (χ0) is 22.5. The molecule has 9 heteroatoms. The molecule has 1 aromatic heterocycles. The van der Waals surface area contributed by atoms with Gasteiger partial charge in [0.1, 0.15) is 18.3 Å². The molecule has 9 nitrogen and oxygen atoms in total. The van der Waals surface area contributed by atoms with Crippen LogP contribution in [0.1, 0.15) is 18.2 Å². The summed E-state index contributed by atoms with van der Waals surface area (Å²) in [6.45, 7) is 1.23. The first-order valence-electron chi connectivity index (χ1n) is 9.74. The van der Waals surface area contributed by atoms with Crippen LogP contribution in [0.3, 0.4) is 0 Å². The molecule has 0 spiro atoms. The molecule has 0 aliphatic rings. The molecule has 1 atom stereocenters. The Bertz CT molecular complexity index is 893. The van der Waals surface area contributed by atoms with Crippen molar-refractivity contribution in [1.29, 1.82) is 0 Å². The van der Waals surface area contributed by atoms with Gasteiger partial charge in [0, 0.05) is 12.5 Å². The molecule has 31 heavy (non-hydrogen) atoms. The second kappa shape index (κ2) is 12.6. The van der Waals surface area contributed by atoms with Crippen molar-refractivity contribution < 1.29 is 28.3 Å². The Labute approximate surface area is 179 Å². The van der Waals surface area contributed by atoms with Crippen LogP contribution < -0.4 is 16.0 Å². The molecule has 0 fully saturated rings. The van der Waals surface area contributed by atoms with Gasteiger partial charge in [0.15, 0.2) is 0 Å². The zero-order valence-corrected chi connectivity index (χ0v) is 17.1. The van der Waals surface area contributed by atoms with E-state index in [4.69, 9.17) is 9.15 Å². The largest absolute Gasteiger partial charge is 0.465 e. The quantitative estimate of drug-likeness (QED) is 0.360. The minimum Gasteiger partial charge on any atom is -0.465 e. The van der Waals surface area contributed by atoms with Gasteiger partial charge in [-0.15, -0.1) is 0 Å². The van der Waals surface area contributed by atoms with Gasteiger partial charge in [-0.25, -0.2) is 0 Å². The summed E-state index contributed by atoms with van der Waals surface area (Å²) in [6.07, 6.45) is 4.46. The number of furan rings is 1. The second-order valence-corrected chi connectivity index (χ2v) is 6.40. The fourth-order valence-electron chi connectivity index (χ4n) is 2.56. The third-order valence-electron chi connectivity index (χ3n) is 4.02. The van der Waals surface area contributed by atoms with E-state index >= 15 is 0 Å². The van der Waals surface area contributed by atoms with E-state index in [2.05, 4.69) is 16.0 Å². The van der Waals surface area contributed by atoms with Crippen LogP contribution in [0.5, 0.6) is 0 Å². The standard InChI is InChI=1S/C22H25N3O6/c1-2-30-21(28)15-23-20(27)14-24-22(29)18(13-16-7-4-3-5-8-16)25-19(26)11-10-17-9-6-12-31-17/h3-12,18H,2,13-15H2,1H3,(H,23,27)(H,24,29)(H,25,26)/t18-/m0/s1. The normalized spacial score (nSPS) is 11.5. The van der Waals surface area contributed by atoms with E-state index in [9.17, 15) is 19.2 Å². The van der Waals surface area contributed by atoms with Crippen LogP contribution in [0.4, 0.5) is 0 Å². The van der Waals surface area contributed by atoms with Gasteiger partial charge in [-0.05, 0) is 30.7 Å². The lowest BCUT2D eigenvalue weighted by atomic mass is 10.1. The van der Waals surface area contributed by atoms with Crippen LogP contribution in [0.2, 0.25) is 0 Å². The van der Waals surface area contributed by atoms with Gasteiger partial charge in [0.25, 0.3) is 0 Å². The van der Waals surface area contributed by atoms with Crippen LogP contribution in [-0.4, -0.2) is 49.4 Å².